The Morgan fingerprint density at radius 3 is 2.75 bits per heavy atom. The first-order valence-corrected chi connectivity index (χ1v) is 7.75. The molecular weight excluding hydrogens is 274 g/mol. The number of alkyl carbamates (subject to hydrolysis) is 1. The highest BCUT2D eigenvalue weighted by Gasteiger charge is 2.17. The molecule has 6 heteroatoms. The molecule has 0 saturated heterocycles. The highest BCUT2D eigenvalue weighted by atomic mass is 32.1. The molecule has 0 bridgehead atoms. The van der Waals surface area contributed by atoms with Gasteiger partial charge in [-0.2, -0.15) is 0 Å². The predicted octanol–water partition coefficient (Wildman–Crippen LogP) is 2.71. The second-order valence-electron chi connectivity index (χ2n) is 5.75. The third-order valence-corrected chi connectivity index (χ3v) is 3.56. The second-order valence-corrected chi connectivity index (χ2v) is 6.95. The van der Waals surface area contributed by atoms with Crippen molar-refractivity contribution in [2.45, 2.75) is 59.2 Å². The molecule has 2 N–H and O–H groups in total. The Labute approximate surface area is 125 Å². The van der Waals surface area contributed by atoms with Gasteiger partial charge in [0.1, 0.15) is 5.60 Å². The van der Waals surface area contributed by atoms with E-state index in [2.05, 4.69) is 22.5 Å². The standard InChI is InChI=1S/C14H25N3O2S/c1-6-12-16-9-11(20-12)8-15-7-10(2)17-13(18)19-14(3,4)5/h9-10,15H,6-8H2,1-5H3,(H,17,18). The van der Waals surface area contributed by atoms with Crippen LogP contribution in [0.15, 0.2) is 6.20 Å². The van der Waals surface area contributed by atoms with E-state index in [0.29, 0.717) is 6.54 Å². The lowest BCUT2D eigenvalue weighted by molar-refractivity contribution is 0.0508. The van der Waals surface area contributed by atoms with Crippen molar-refractivity contribution < 1.29 is 9.53 Å². The van der Waals surface area contributed by atoms with Crippen molar-refractivity contribution in [2.75, 3.05) is 6.54 Å². The lowest BCUT2D eigenvalue weighted by atomic mass is 10.2. The maximum Gasteiger partial charge on any atom is 0.407 e. The van der Waals surface area contributed by atoms with E-state index < -0.39 is 5.60 Å². The molecule has 1 amide bonds. The van der Waals surface area contributed by atoms with Gasteiger partial charge < -0.3 is 15.4 Å². The molecule has 5 nitrogen and oxygen atoms in total. The van der Waals surface area contributed by atoms with Crippen molar-refractivity contribution in [3.8, 4) is 0 Å². The molecular formula is C14H25N3O2S. The molecule has 0 aliphatic rings. The quantitative estimate of drug-likeness (QED) is 0.848. The summed E-state index contributed by atoms with van der Waals surface area (Å²) < 4.78 is 5.21. The van der Waals surface area contributed by atoms with Crippen LogP contribution in [0.3, 0.4) is 0 Å². The number of nitrogens with zero attached hydrogens (tertiary/aromatic N) is 1. The van der Waals surface area contributed by atoms with Crippen molar-refractivity contribution in [3.63, 3.8) is 0 Å². The zero-order valence-corrected chi connectivity index (χ0v) is 13.8. The highest BCUT2D eigenvalue weighted by Crippen LogP contribution is 2.12. The van der Waals surface area contributed by atoms with Gasteiger partial charge in [0.2, 0.25) is 0 Å². The van der Waals surface area contributed by atoms with Gasteiger partial charge in [-0.1, -0.05) is 6.92 Å². The van der Waals surface area contributed by atoms with Gasteiger partial charge in [0.05, 0.1) is 5.01 Å². The molecule has 1 aromatic rings. The number of carbonyl (C=O) groups is 1. The molecule has 1 heterocycles. The first-order chi connectivity index (χ1) is 9.30. The Bertz CT molecular complexity index is 426. The molecule has 20 heavy (non-hydrogen) atoms. The number of aromatic nitrogens is 1. The topological polar surface area (TPSA) is 63.2 Å². The van der Waals surface area contributed by atoms with Gasteiger partial charge >= 0.3 is 6.09 Å². The van der Waals surface area contributed by atoms with Crippen molar-refractivity contribution in [1.82, 2.24) is 15.6 Å². The summed E-state index contributed by atoms with van der Waals surface area (Å²) in [4.78, 5) is 17.1. The normalized spacial score (nSPS) is 13.1. The molecule has 0 radical (unpaired) electrons. The Balaban J connectivity index is 2.22. The summed E-state index contributed by atoms with van der Waals surface area (Å²) in [5, 5.41) is 7.26. The number of hydrogen-bond acceptors (Lipinski definition) is 5. The average Bonchev–Trinajstić information content (AvgIpc) is 2.74. The van der Waals surface area contributed by atoms with E-state index in [1.165, 1.54) is 4.88 Å². The van der Waals surface area contributed by atoms with Crippen molar-refractivity contribution >= 4 is 17.4 Å². The largest absolute Gasteiger partial charge is 0.444 e. The van der Waals surface area contributed by atoms with E-state index in [0.717, 1.165) is 18.0 Å². The highest BCUT2D eigenvalue weighted by molar-refractivity contribution is 7.11. The third-order valence-electron chi connectivity index (χ3n) is 2.42. The molecule has 1 unspecified atom stereocenters. The number of thiazole rings is 1. The van der Waals surface area contributed by atoms with Crippen LogP contribution in [-0.4, -0.2) is 29.3 Å². The van der Waals surface area contributed by atoms with Crippen LogP contribution >= 0.6 is 11.3 Å². The van der Waals surface area contributed by atoms with E-state index in [1.54, 1.807) is 11.3 Å². The van der Waals surface area contributed by atoms with Crippen LogP contribution in [0.4, 0.5) is 4.79 Å². The number of amides is 1. The lowest BCUT2D eigenvalue weighted by Crippen LogP contribution is -2.42. The van der Waals surface area contributed by atoms with Crippen molar-refractivity contribution in [1.29, 1.82) is 0 Å². The minimum absolute atomic E-state index is 0.0171. The number of ether oxygens (including phenoxy) is 1. The minimum atomic E-state index is -0.462. The van der Waals surface area contributed by atoms with Crippen LogP contribution in [0.5, 0.6) is 0 Å². The molecule has 0 aromatic carbocycles. The van der Waals surface area contributed by atoms with Crippen LogP contribution < -0.4 is 10.6 Å². The van der Waals surface area contributed by atoms with E-state index >= 15 is 0 Å². The molecule has 0 spiro atoms. The lowest BCUT2D eigenvalue weighted by Gasteiger charge is -2.22. The smallest absolute Gasteiger partial charge is 0.407 e. The maximum atomic E-state index is 11.6. The zero-order chi connectivity index (χ0) is 15.2. The molecule has 1 rings (SSSR count). The summed E-state index contributed by atoms with van der Waals surface area (Å²) in [5.41, 5.74) is -0.462. The Hall–Kier alpha value is -1.14. The molecule has 0 saturated carbocycles. The van der Waals surface area contributed by atoms with Gasteiger partial charge in [-0.15, -0.1) is 11.3 Å². The number of nitrogens with one attached hydrogen (secondary N) is 2. The van der Waals surface area contributed by atoms with Crippen LogP contribution in [0.25, 0.3) is 0 Å². The number of hydrogen-bond donors (Lipinski definition) is 2. The Morgan fingerprint density at radius 1 is 1.50 bits per heavy atom. The van der Waals surface area contributed by atoms with Crippen LogP contribution in [0.2, 0.25) is 0 Å². The van der Waals surface area contributed by atoms with Crippen LogP contribution in [-0.2, 0) is 17.7 Å². The second kappa shape index (κ2) is 7.59. The number of carbonyl (C=O) groups excluding carboxylic acids is 1. The van der Waals surface area contributed by atoms with E-state index in [4.69, 9.17) is 4.74 Å². The Kier molecular flexibility index (Phi) is 6.42. The zero-order valence-electron chi connectivity index (χ0n) is 12.9. The van der Waals surface area contributed by atoms with E-state index in [9.17, 15) is 4.79 Å². The van der Waals surface area contributed by atoms with Gasteiger partial charge in [0, 0.05) is 30.2 Å². The number of rotatable bonds is 6. The van der Waals surface area contributed by atoms with Crippen LogP contribution in [0, 0.1) is 0 Å². The third kappa shape index (κ3) is 6.86. The molecule has 0 aliphatic heterocycles. The fourth-order valence-electron chi connectivity index (χ4n) is 1.56. The van der Waals surface area contributed by atoms with E-state index in [1.807, 2.05) is 33.9 Å². The fraction of sp³-hybridized carbons (Fsp3) is 0.714. The van der Waals surface area contributed by atoms with Gasteiger partial charge in [0.25, 0.3) is 0 Å². The Morgan fingerprint density at radius 2 is 2.20 bits per heavy atom. The van der Waals surface area contributed by atoms with Crippen molar-refractivity contribution in [3.05, 3.63) is 16.1 Å². The average molecular weight is 299 g/mol. The van der Waals surface area contributed by atoms with E-state index in [-0.39, 0.29) is 12.1 Å². The molecule has 114 valence electrons. The summed E-state index contributed by atoms with van der Waals surface area (Å²) in [7, 11) is 0. The van der Waals surface area contributed by atoms with Gasteiger partial charge in [-0.3, -0.25) is 0 Å². The first-order valence-electron chi connectivity index (χ1n) is 6.94. The SMILES string of the molecule is CCc1ncc(CNCC(C)NC(=O)OC(C)(C)C)s1. The van der Waals surface area contributed by atoms with Crippen molar-refractivity contribution in [2.24, 2.45) is 0 Å². The summed E-state index contributed by atoms with van der Waals surface area (Å²) in [6, 6.07) is 0.0171. The first kappa shape index (κ1) is 16.9. The maximum absolute atomic E-state index is 11.6. The summed E-state index contributed by atoms with van der Waals surface area (Å²) >= 11 is 1.72. The molecule has 0 fully saturated rings. The van der Waals surface area contributed by atoms with Crippen LogP contribution in [0.1, 0.15) is 44.5 Å². The molecule has 0 aliphatic carbocycles. The van der Waals surface area contributed by atoms with Gasteiger partial charge in [0.15, 0.2) is 0 Å². The summed E-state index contributed by atoms with van der Waals surface area (Å²) in [5.74, 6) is 0. The predicted molar refractivity (Wildman–Crippen MR) is 82.0 cm³/mol. The summed E-state index contributed by atoms with van der Waals surface area (Å²) in [6.45, 7) is 11.1. The summed E-state index contributed by atoms with van der Waals surface area (Å²) in [6.07, 6.45) is 2.50. The minimum Gasteiger partial charge on any atom is -0.444 e. The molecule has 1 atom stereocenters. The van der Waals surface area contributed by atoms with Gasteiger partial charge in [-0.05, 0) is 34.1 Å². The van der Waals surface area contributed by atoms with Gasteiger partial charge in [-0.25, -0.2) is 9.78 Å². The number of aryl methyl sites for hydroxylation is 1. The molecule has 1 aromatic heterocycles. The monoisotopic (exact) mass is 299 g/mol. The fourth-order valence-corrected chi connectivity index (χ4v) is 2.40.